The van der Waals surface area contributed by atoms with Crippen LogP contribution in [0.5, 0.6) is 0 Å². The Hall–Kier alpha value is -8.29. The van der Waals surface area contributed by atoms with Crippen LogP contribution in [0.25, 0.3) is 102 Å². The van der Waals surface area contributed by atoms with Gasteiger partial charge >= 0.3 is 0 Å². The van der Waals surface area contributed by atoms with Crippen LogP contribution < -0.4 is 0 Å². The van der Waals surface area contributed by atoms with Crippen molar-refractivity contribution in [2.24, 2.45) is 0 Å². The fourth-order valence-corrected chi connectivity index (χ4v) is 7.22. The third kappa shape index (κ3) is 7.58. The molecule has 10 aromatic rings. The van der Waals surface area contributed by atoms with Gasteiger partial charge in [0.15, 0.2) is 11.6 Å². The zero-order valence-corrected chi connectivity index (χ0v) is 32.3. The second-order valence-electron chi connectivity index (χ2n) is 14.2. The normalized spacial score (nSPS) is 11.0. The first-order valence-electron chi connectivity index (χ1n) is 19.7. The van der Waals surface area contributed by atoms with Gasteiger partial charge in [0.05, 0.1) is 45.6 Å². The Morgan fingerprint density at radius 3 is 1.25 bits per heavy atom. The SMILES string of the molecule is c1ccc(-c2cc(-c3ccc(-c4cc(-c5ccccc5)nc(-c5ccccc5)n4)cn3)nc(-c3ncccc3-c3cc(-c4ccccc4)nc(-c4ccccc4)n3)c2)cc1. The van der Waals surface area contributed by atoms with Crippen LogP contribution >= 0.6 is 0 Å². The summed E-state index contributed by atoms with van der Waals surface area (Å²) < 4.78 is 0. The Morgan fingerprint density at radius 2 is 0.717 bits per heavy atom. The number of aromatic nitrogens is 7. The fourth-order valence-electron chi connectivity index (χ4n) is 7.22. The topological polar surface area (TPSA) is 90.2 Å². The molecule has 0 N–H and O–H groups in total. The van der Waals surface area contributed by atoms with Crippen LogP contribution in [0.15, 0.2) is 213 Å². The molecule has 0 unspecified atom stereocenters. The highest BCUT2D eigenvalue weighted by atomic mass is 14.9. The predicted molar refractivity (Wildman–Crippen MR) is 240 cm³/mol. The Kier molecular flexibility index (Phi) is 9.79. The van der Waals surface area contributed by atoms with E-state index < -0.39 is 0 Å². The molecule has 0 spiro atoms. The summed E-state index contributed by atoms with van der Waals surface area (Å²) in [6.45, 7) is 0. The van der Waals surface area contributed by atoms with Gasteiger partial charge in [-0.15, -0.1) is 0 Å². The minimum atomic E-state index is 0.633. The molecule has 0 aliphatic heterocycles. The molecule has 0 fully saturated rings. The van der Waals surface area contributed by atoms with E-state index in [4.69, 9.17) is 34.9 Å². The van der Waals surface area contributed by atoms with Gasteiger partial charge in [0, 0.05) is 45.8 Å². The van der Waals surface area contributed by atoms with Gasteiger partial charge in [-0.05, 0) is 59.7 Å². The predicted octanol–water partition coefficient (Wildman–Crippen LogP) is 12.5. The van der Waals surface area contributed by atoms with E-state index in [2.05, 4.69) is 48.5 Å². The van der Waals surface area contributed by atoms with E-state index >= 15 is 0 Å². The smallest absolute Gasteiger partial charge is 0.160 e. The van der Waals surface area contributed by atoms with E-state index in [-0.39, 0.29) is 0 Å². The Morgan fingerprint density at radius 1 is 0.250 bits per heavy atom. The number of nitrogens with zero attached hydrogens (tertiary/aromatic N) is 7. The zero-order chi connectivity index (χ0) is 40.1. The second kappa shape index (κ2) is 16.3. The van der Waals surface area contributed by atoms with Crippen molar-refractivity contribution in [3.63, 3.8) is 0 Å². The van der Waals surface area contributed by atoms with Crippen LogP contribution in [0.2, 0.25) is 0 Å². The molecule has 0 aliphatic carbocycles. The molecule has 5 aromatic carbocycles. The minimum absolute atomic E-state index is 0.633. The monoisotopic (exact) mass is 769 g/mol. The molecule has 0 radical (unpaired) electrons. The number of hydrogen-bond donors (Lipinski definition) is 0. The third-order valence-electron chi connectivity index (χ3n) is 10.2. The highest BCUT2D eigenvalue weighted by molar-refractivity contribution is 5.84. The lowest BCUT2D eigenvalue weighted by molar-refractivity contribution is 1.17. The molecule has 282 valence electrons. The van der Waals surface area contributed by atoms with Gasteiger partial charge in [0.25, 0.3) is 0 Å². The third-order valence-corrected chi connectivity index (χ3v) is 10.2. The van der Waals surface area contributed by atoms with Gasteiger partial charge < -0.3 is 0 Å². The Labute approximate surface area is 347 Å². The zero-order valence-electron chi connectivity index (χ0n) is 32.3. The van der Waals surface area contributed by atoms with Gasteiger partial charge in [0.2, 0.25) is 0 Å². The first-order valence-corrected chi connectivity index (χ1v) is 19.7. The van der Waals surface area contributed by atoms with Crippen molar-refractivity contribution < 1.29 is 0 Å². The van der Waals surface area contributed by atoms with Crippen molar-refractivity contribution in [1.29, 1.82) is 0 Å². The van der Waals surface area contributed by atoms with E-state index in [0.29, 0.717) is 28.7 Å². The lowest BCUT2D eigenvalue weighted by Gasteiger charge is -2.14. The maximum Gasteiger partial charge on any atom is 0.160 e. The van der Waals surface area contributed by atoms with Gasteiger partial charge in [-0.3, -0.25) is 9.97 Å². The van der Waals surface area contributed by atoms with E-state index in [1.807, 2.05) is 158 Å². The lowest BCUT2D eigenvalue weighted by Crippen LogP contribution is -2.00. The molecule has 0 bridgehead atoms. The van der Waals surface area contributed by atoms with Crippen molar-refractivity contribution in [1.82, 2.24) is 34.9 Å². The summed E-state index contributed by atoms with van der Waals surface area (Å²) in [6.07, 6.45) is 3.66. The fraction of sp³-hybridized carbons (Fsp3) is 0. The highest BCUT2D eigenvalue weighted by Crippen LogP contribution is 2.36. The van der Waals surface area contributed by atoms with Gasteiger partial charge in [-0.25, -0.2) is 24.9 Å². The van der Waals surface area contributed by atoms with Crippen LogP contribution in [0.1, 0.15) is 0 Å². The van der Waals surface area contributed by atoms with Gasteiger partial charge in [-0.1, -0.05) is 152 Å². The van der Waals surface area contributed by atoms with Crippen molar-refractivity contribution in [2.45, 2.75) is 0 Å². The minimum Gasteiger partial charge on any atom is -0.254 e. The first-order chi connectivity index (χ1) is 29.7. The van der Waals surface area contributed by atoms with Crippen LogP contribution in [0, 0.1) is 0 Å². The summed E-state index contributed by atoms with van der Waals surface area (Å²) in [5, 5.41) is 0. The quantitative estimate of drug-likeness (QED) is 0.144. The number of rotatable bonds is 9. The summed E-state index contributed by atoms with van der Waals surface area (Å²) in [7, 11) is 0. The van der Waals surface area contributed by atoms with Gasteiger partial charge in [0.1, 0.15) is 0 Å². The molecular weight excluding hydrogens is 735 g/mol. The average molecular weight is 770 g/mol. The van der Waals surface area contributed by atoms with Crippen LogP contribution in [0.3, 0.4) is 0 Å². The van der Waals surface area contributed by atoms with Crippen LogP contribution in [-0.2, 0) is 0 Å². The molecule has 0 saturated heterocycles. The average Bonchev–Trinajstić information content (AvgIpc) is 3.35. The summed E-state index contributed by atoms with van der Waals surface area (Å²) in [5.74, 6) is 1.28. The molecule has 0 atom stereocenters. The van der Waals surface area contributed by atoms with Gasteiger partial charge in [-0.2, -0.15) is 0 Å². The summed E-state index contributed by atoms with van der Waals surface area (Å²) in [5.41, 5.74) is 13.7. The molecule has 0 saturated carbocycles. The highest BCUT2D eigenvalue weighted by Gasteiger charge is 2.19. The molecule has 5 aromatic heterocycles. The largest absolute Gasteiger partial charge is 0.254 e. The second-order valence-corrected chi connectivity index (χ2v) is 14.2. The van der Waals surface area contributed by atoms with Crippen molar-refractivity contribution in [2.75, 3.05) is 0 Å². The van der Waals surface area contributed by atoms with E-state index in [1.54, 1.807) is 6.20 Å². The maximum absolute atomic E-state index is 5.26. The Bertz CT molecular complexity index is 2940. The molecule has 7 nitrogen and oxygen atoms in total. The van der Waals surface area contributed by atoms with Crippen LogP contribution in [0.4, 0.5) is 0 Å². The van der Waals surface area contributed by atoms with Crippen molar-refractivity contribution in [3.05, 3.63) is 213 Å². The molecule has 10 rings (SSSR count). The maximum atomic E-state index is 5.26. The molecule has 0 aliphatic rings. The number of benzene rings is 5. The molecule has 7 heteroatoms. The summed E-state index contributed by atoms with van der Waals surface area (Å²) in [6, 6.07) is 67.0. The van der Waals surface area contributed by atoms with Crippen LogP contribution in [-0.4, -0.2) is 34.9 Å². The number of hydrogen-bond acceptors (Lipinski definition) is 7. The van der Waals surface area contributed by atoms with Crippen molar-refractivity contribution in [3.8, 4) is 102 Å². The molecular formula is C53H35N7. The molecule has 0 amide bonds. The van der Waals surface area contributed by atoms with E-state index in [1.165, 1.54) is 0 Å². The molecule has 60 heavy (non-hydrogen) atoms. The van der Waals surface area contributed by atoms with E-state index in [0.717, 1.165) is 73.0 Å². The standard InChI is InChI=1S/C53H35N7/c1-6-17-36(18-7-1)42-31-49(44-29-28-41(35-55-44)47-33-45(37-19-8-2-9-20-37)57-52(59-47)39-23-12-4-13-24-39)56-50(32-42)51-43(27-16-30-54-51)48-34-46(38-21-10-3-11-22-38)58-53(60-48)40-25-14-5-15-26-40/h1-35H. The summed E-state index contributed by atoms with van der Waals surface area (Å²) >= 11 is 0. The molecule has 5 heterocycles. The Balaban J connectivity index is 1.09. The van der Waals surface area contributed by atoms with E-state index in [9.17, 15) is 0 Å². The van der Waals surface area contributed by atoms with Crippen molar-refractivity contribution >= 4 is 0 Å². The summed E-state index contributed by atoms with van der Waals surface area (Å²) in [4.78, 5) is 35.4. The first kappa shape index (κ1) is 36.1. The lowest BCUT2D eigenvalue weighted by atomic mass is 9.99. The number of pyridine rings is 3.